The average Bonchev–Trinajstić information content (AvgIpc) is 3.31. The van der Waals surface area contributed by atoms with E-state index in [-0.39, 0.29) is 23.0 Å². The quantitative estimate of drug-likeness (QED) is 0.279. The number of nitrogens with one attached hydrogen (secondary N) is 2. The number of carbonyl (C=O) groups is 2. The molecule has 11 heteroatoms. The fraction of sp³-hybridized carbons (Fsp3) is 0.560. The van der Waals surface area contributed by atoms with Crippen LogP contribution in [0.4, 0.5) is 0 Å². The molecule has 1 saturated carbocycles. The van der Waals surface area contributed by atoms with Gasteiger partial charge >= 0.3 is 0 Å². The van der Waals surface area contributed by atoms with Crippen LogP contribution in [0.1, 0.15) is 76.4 Å². The van der Waals surface area contributed by atoms with Crippen molar-refractivity contribution in [3.05, 3.63) is 36.2 Å². The van der Waals surface area contributed by atoms with E-state index in [9.17, 15) is 18.0 Å². The number of Topliss-reactive ketones (excluding diaryl/α,β-unsaturated/α-hetero) is 1. The van der Waals surface area contributed by atoms with Crippen molar-refractivity contribution in [2.24, 2.45) is 10.4 Å². The van der Waals surface area contributed by atoms with E-state index in [0.29, 0.717) is 18.4 Å². The first kappa shape index (κ1) is 27.5. The summed E-state index contributed by atoms with van der Waals surface area (Å²) in [6.45, 7) is 5.42. The molecular formula is C25H35N5O5S. The summed E-state index contributed by atoms with van der Waals surface area (Å²) in [7, 11) is -3.54. The molecule has 1 aliphatic rings. The van der Waals surface area contributed by atoms with Crippen LogP contribution in [0.3, 0.4) is 0 Å². The summed E-state index contributed by atoms with van der Waals surface area (Å²) >= 11 is 0. The first-order valence-corrected chi connectivity index (χ1v) is 14.1. The lowest BCUT2D eigenvalue weighted by atomic mass is 9.72. The van der Waals surface area contributed by atoms with Gasteiger partial charge in [0.25, 0.3) is 5.89 Å². The number of aromatic nitrogens is 2. The van der Waals surface area contributed by atoms with Crippen LogP contribution in [0.5, 0.6) is 0 Å². The lowest BCUT2D eigenvalue weighted by Gasteiger charge is -2.35. The van der Waals surface area contributed by atoms with Gasteiger partial charge in [-0.25, -0.2) is 8.42 Å². The summed E-state index contributed by atoms with van der Waals surface area (Å²) in [6, 6.07) is 7.39. The topological polar surface area (TPSA) is 144 Å². The van der Waals surface area contributed by atoms with Gasteiger partial charge in [0.05, 0.1) is 12.3 Å². The van der Waals surface area contributed by atoms with Crippen molar-refractivity contribution < 1.29 is 22.5 Å². The van der Waals surface area contributed by atoms with Gasteiger partial charge in [0, 0.05) is 5.56 Å². The Morgan fingerprint density at radius 1 is 1.17 bits per heavy atom. The summed E-state index contributed by atoms with van der Waals surface area (Å²) in [4.78, 5) is 35.1. The zero-order valence-corrected chi connectivity index (χ0v) is 22.1. The van der Waals surface area contributed by atoms with Crippen LogP contribution in [-0.2, 0) is 14.8 Å². The largest absolute Gasteiger partial charge is 0.344 e. The smallest absolute Gasteiger partial charge is 0.296 e. The fourth-order valence-corrected chi connectivity index (χ4v) is 5.19. The molecule has 1 amide bonds. The number of rotatable bonds is 10. The van der Waals surface area contributed by atoms with E-state index >= 15 is 0 Å². The predicted molar refractivity (Wildman–Crippen MR) is 137 cm³/mol. The molecule has 1 aliphatic carbocycles. The molecule has 0 bridgehead atoms. The molecule has 0 radical (unpaired) electrons. The van der Waals surface area contributed by atoms with Crippen molar-refractivity contribution in [2.45, 2.75) is 77.8 Å². The molecule has 1 aromatic carbocycles. The Bertz CT molecular complexity index is 1190. The molecule has 10 nitrogen and oxygen atoms in total. The molecule has 2 aromatic rings. The maximum Gasteiger partial charge on any atom is 0.296 e. The molecule has 0 unspecified atom stereocenters. The van der Waals surface area contributed by atoms with Gasteiger partial charge in [0.1, 0.15) is 11.9 Å². The molecule has 0 spiro atoms. The van der Waals surface area contributed by atoms with Crippen LogP contribution in [-0.4, -0.2) is 54.4 Å². The highest BCUT2D eigenvalue weighted by atomic mass is 32.2. The van der Waals surface area contributed by atoms with Gasteiger partial charge in [-0.3, -0.25) is 19.3 Å². The van der Waals surface area contributed by atoms with E-state index in [4.69, 9.17) is 4.52 Å². The van der Waals surface area contributed by atoms with Crippen molar-refractivity contribution in [1.29, 1.82) is 0 Å². The summed E-state index contributed by atoms with van der Waals surface area (Å²) in [5.74, 6) is -0.705. The molecule has 1 aromatic heterocycles. The van der Waals surface area contributed by atoms with Gasteiger partial charge in [-0.2, -0.15) is 4.98 Å². The molecule has 2 N–H and O–H groups in total. The second-order valence-electron chi connectivity index (χ2n) is 9.80. The second-order valence-corrected chi connectivity index (χ2v) is 11.6. The third-order valence-electron chi connectivity index (χ3n) is 6.44. The molecular weight excluding hydrogens is 482 g/mol. The Morgan fingerprint density at radius 2 is 1.83 bits per heavy atom. The van der Waals surface area contributed by atoms with Crippen molar-refractivity contribution in [3.63, 3.8) is 0 Å². The Balaban J connectivity index is 1.78. The van der Waals surface area contributed by atoms with Gasteiger partial charge in [-0.05, 0) is 38.0 Å². The lowest BCUT2D eigenvalue weighted by molar-refractivity contribution is -0.123. The maximum atomic E-state index is 13.4. The Labute approximate surface area is 212 Å². The third-order valence-corrected chi connectivity index (χ3v) is 7.11. The Hall–Kier alpha value is -3.08. The summed E-state index contributed by atoms with van der Waals surface area (Å²) in [6.07, 6.45) is 7.02. The van der Waals surface area contributed by atoms with Crippen molar-refractivity contribution >= 4 is 27.5 Å². The normalized spacial score (nSPS) is 17.7. The van der Waals surface area contributed by atoms with Gasteiger partial charge < -0.3 is 9.84 Å². The van der Waals surface area contributed by atoms with E-state index in [1.165, 1.54) is 6.92 Å². The molecule has 2 atom stereocenters. The van der Waals surface area contributed by atoms with E-state index in [2.05, 4.69) is 32.1 Å². The van der Waals surface area contributed by atoms with Crippen molar-refractivity contribution in [1.82, 2.24) is 20.2 Å². The van der Waals surface area contributed by atoms with Gasteiger partial charge in [0.15, 0.2) is 0 Å². The van der Waals surface area contributed by atoms with Crippen molar-refractivity contribution in [2.75, 3.05) is 6.26 Å². The number of aliphatic imine (C=N–C) groups is 1. The minimum atomic E-state index is -3.54. The minimum Gasteiger partial charge on any atom is -0.344 e. The number of ketones is 1. The van der Waals surface area contributed by atoms with E-state index < -0.39 is 33.8 Å². The molecule has 196 valence electrons. The highest BCUT2D eigenvalue weighted by molar-refractivity contribution is 7.89. The van der Waals surface area contributed by atoms with E-state index in [1.54, 1.807) is 19.1 Å². The van der Waals surface area contributed by atoms with Crippen LogP contribution in [0.15, 0.2) is 39.8 Å². The van der Waals surface area contributed by atoms with Crippen LogP contribution >= 0.6 is 0 Å². The zero-order chi connectivity index (χ0) is 26.3. The highest BCUT2D eigenvalue weighted by Gasteiger charge is 2.35. The first-order chi connectivity index (χ1) is 17.0. The average molecular weight is 518 g/mol. The SMILES string of the molecule is CC[C@H](NC(=O)[C@H](CC1(C)CCCCC1)N=C(C)NS(C)(=O)=O)C(=O)c1nc(-c2ccccc2)no1. The summed E-state index contributed by atoms with van der Waals surface area (Å²) in [5, 5.41) is 6.68. The third kappa shape index (κ3) is 7.71. The number of amides is 1. The first-order valence-electron chi connectivity index (χ1n) is 12.3. The number of nitrogens with zero attached hydrogens (tertiary/aromatic N) is 3. The second kappa shape index (κ2) is 11.8. The van der Waals surface area contributed by atoms with Crippen LogP contribution < -0.4 is 10.0 Å². The number of hydrogen-bond acceptors (Lipinski definition) is 8. The van der Waals surface area contributed by atoms with Gasteiger partial charge in [-0.15, -0.1) is 0 Å². The fourth-order valence-electron chi connectivity index (χ4n) is 4.60. The number of sulfonamides is 1. The van der Waals surface area contributed by atoms with E-state index in [0.717, 1.165) is 38.4 Å². The number of amidine groups is 1. The standard InChI is InChI=1S/C25H35N5O5S/c1-5-19(21(31)24-28-22(29-35-24)18-12-8-6-9-13-18)27-23(32)20(26-17(2)30-36(4,33)34)16-25(3)14-10-7-11-15-25/h6,8-9,12-13,19-20H,5,7,10-11,14-16H2,1-4H3,(H,26,30)(H,27,32)/t19-,20-/m0/s1. The summed E-state index contributed by atoms with van der Waals surface area (Å²) in [5.41, 5.74) is 0.610. The highest BCUT2D eigenvalue weighted by Crippen LogP contribution is 2.40. The number of benzene rings is 1. The Kier molecular flexibility index (Phi) is 8.99. The summed E-state index contributed by atoms with van der Waals surface area (Å²) < 4.78 is 30.8. The van der Waals surface area contributed by atoms with Gasteiger partial charge in [-0.1, -0.05) is 68.6 Å². The lowest BCUT2D eigenvalue weighted by Crippen LogP contribution is -2.46. The van der Waals surface area contributed by atoms with Crippen LogP contribution in [0, 0.1) is 5.41 Å². The minimum absolute atomic E-state index is 0.0993. The zero-order valence-electron chi connectivity index (χ0n) is 21.3. The molecule has 36 heavy (non-hydrogen) atoms. The maximum absolute atomic E-state index is 13.4. The molecule has 1 fully saturated rings. The van der Waals surface area contributed by atoms with E-state index in [1.807, 2.05) is 18.2 Å². The number of carbonyl (C=O) groups excluding carboxylic acids is 2. The predicted octanol–water partition coefficient (Wildman–Crippen LogP) is 3.51. The van der Waals surface area contributed by atoms with Crippen molar-refractivity contribution in [3.8, 4) is 11.4 Å². The van der Waals surface area contributed by atoms with Crippen LogP contribution in [0.25, 0.3) is 11.4 Å². The molecule has 0 aliphatic heterocycles. The molecule has 3 rings (SSSR count). The molecule has 0 saturated heterocycles. The van der Waals surface area contributed by atoms with Crippen LogP contribution in [0.2, 0.25) is 0 Å². The monoisotopic (exact) mass is 517 g/mol. The van der Waals surface area contributed by atoms with Gasteiger partial charge in [0.2, 0.25) is 27.5 Å². The molecule has 1 heterocycles. The number of hydrogen-bond donors (Lipinski definition) is 2. The Morgan fingerprint density at radius 3 is 2.44 bits per heavy atom.